The summed E-state index contributed by atoms with van der Waals surface area (Å²) in [6.45, 7) is 4.42. The first-order valence-corrected chi connectivity index (χ1v) is 14.0. The van der Waals surface area contributed by atoms with Gasteiger partial charge in [0.1, 0.15) is 0 Å². The minimum absolute atomic E-state index is 0.150. The molecule has 0 aliphatic carbocycles. The molecule has 0 bridgehead atoms. The van der Waals surface area contributed by atoms with E-state index in [2.05, 4.69) is 13.8 Å². The van der Waals surface area contributed by atoms with Crippen LogP contribution < -0.4 is 0 Å². The summed E-state index contributed by atoms with van der Waals surface area (Å²) in [5.41, 5.74) is 0. The predicted octanol–water partition coefficient (Wildman–Crippen LogP) is 7.79. The molecule has 1 atom stereocenters. The second kappa shape index (κ2) is 18.6. The smallest absolute Gasteiger partial charge is 0.294 e. The number of unbranched alkanes of at least 4 members (excludes halogenated alkanes) is 17. The summed E-state index contributed by atoms with van der Waals surface area (Å²) in [5, 5.41) is 10.5. The third kappa shape index (κ3) is 16.3. The van der Waals surface area contributed by atoms with Crippen molar-refractivity contribution in [2.75, 3.05) is 0 Å². The molecule has 0 radical (unpaired) electrons. The third-order valence-electron chi connectivity index (χ3n) is 6.07. The number of hydrogen-bond donors (Lipinski definition) is 2. The van der Waals surface area contributed by atoms with Crippen LogP contribution in [0.3, 0.4) is 0 Å². The first kappa shape index (κ1) is 28.9. The van der Waals surface area contributed by atoms with E-state index in [1.165, 1.54) is 77.0 Å². The molecule has 0 aliphatic heterocycles. The zero-order valence-corrected chi connectivity index (χ0v) is 20.3. The summed E-state index contributed by atoms with van der Waals surface area (Å²) < 4.78 is 32.9. The van der Waals surface area contributed by atoms with Gasteiger partial charge in [-0.25, -0.2) is 0 Å². The van der Waals surface area contributed by atoms with Crippen LogP contribution in [0.4, 0.5) is 0 Å². The van der Waals surface area contributed by atoms with Crippen LogP contribution in [0.15, 0.2) is 0 Å². The minimum atomic E-state index is -4.42. The van der Waals surface area contributed by atoms with Crippen molar-refractivity contribution in [3.05, 3.63) is 0 Å². The molecule has 176 valence electrons. The van der Waals surface area contributed by atoms with E-state index < -0.39 is 15.1 Å². The van der Waals surface area contributed by atoms with Crippen LogP contribution in [0.2, 0.25) is 0 Å². The van der Waals surface area contributed by atoms with Crippen molar-refractivity contribution >= 4 is 10.1 Å². The van der Waals surface area contributed by atoms with Crippen molar-refractivity contribution in [1.29, 1.82) is 0 Å². The van der Waals surface area contributed by atoms with Crippen molar-refractivity contribution in [2.24, 2.45) is 0 Å². The summed E-state index contributed by atoms with van der Waals surface area (Å²) in [7, 11) is -4.42. The van der Waals surface area contributed by atoms with E-state index in [1.54, 1.807) is 0 Å². The average Bonchev–Trinajstić information content (AvgIpc) is 2.67. The summed E-state index contributed by atoms with van der Waals surface area (Å²) in [4.78, 5) is -1.95. The molecule has 0 fully saturated rings. The van der Waals surface area contributed by atoms with E-state index in [4.69, 9.17) is 0 Å². The Balaban J connectivity index is 3.81. The van der Waals surface area contributed by atoms with Gasteiger partial charge in [-0.1, -0.05) is 123 Å². The number of rotatable bonds is 22. The molecule has 0 saturated heterocycles. The van der Waals surface area contributed by atoms with Gasteiger partial charge in [-0.3, -0.25) is 4.55 Å². The molecular formula is C24H50O4S. The Hall–Kier alpha value is -0.130. The third-order valence-corrected chi connectivity index (χ3v) is 7.44. The SMILES string of the molecule is CCCCCCCCCCCCCCC(O)(CCCCCCCCC)S(=O)(=O)O. The summed E-state index contributed by atoms with van der Waals surface area (Å²) in [5.74, 6) is 0. The molecule has 2 N–H and O–H groups in total. The predicted molar refractivity (Wildman–Crippen MR) is 125 cm³/mol. The fourth-order valence-electron chi connectivity index (χ4n) is 3.98. The van der Waals surface area contributed by atoms with Gasteiger partial charge in [0.25, 0.3) is 10.1 Å². The first-order chi connectivity index (χ1) is 13.9. The Kier molecular flexibility index (Phi) is 18.5. The molecule has 5 heteroatoms. The van der Waals surface area contributed by atoms with E-state index in [-0.39, 0.29) is 12.8 Å². The molecule has 0 saturated carbocycles. The van der Waals surface area contributed by atoms with Crippen LogP contribution in [-0.4, -0.2) is 23.0 Å². The highest BCUT2D eigenvalue weighted by Gasteiger charge is 2.39. The molecule has 0 rings (SSSR count). The normalized spacial score (nSPS) is 14.2. The average molecular weight is 435 g/mol. The highest BCUT2D eigenvalue weighted by Crippen LogP contribution is 2.28. The molecule has 0 aromatic carbocycles. The number of aliphatic hydroxyl groups is 1. The van der Waals surface area contributed by atoms with E-state index in [0.717, 1.165) is 32.1 Å². The van der Waals surface area contributed by atoms with Crippen LogP contribution in [0.1, 0.15) is 149 Å². The fraction of sp³-hybridized carbons (Fsp3) is 1.00. The van der Waals surface area contributed by atoms with Crippen LogP contribution in [0, 0.1) is 0 Å². The van der Waals surface area contributed by atoms with Crippen molar-refractivity contribution < 1.29 is 18.1 Å². The maximum Gasteiger partial charge on any atom is 0.294 e. The zero-order valence-electron chi connectivity index (χ0n) is 19.5. The van der Waals surface area contributed by atoms with Crippen LogP contribution >= 0.6 is 0 Å². The van der Waals surface area contributed by atoms with Crippen LogP contribution in [0.5, 0.6) is 0 Å². The van der Waals surface area contributed by atoms with Gasteiger partial charge < -0.3 is 5.11 Å². The largest absolute Gasteiger partial charge is 0.372 e. The molecule has 0 aromatic rings. The quantitative estimate of drug-likeness (QED) is 0.135. The van der Waals surface area contributed by atoms with Crippen molar-refractivity contribution in [1.82, 2.24) is 0 Å². The lowest BCUT2D eigenvalue weighted by Crippen LogP contribution is -2.38. The van der Waals surface area contributed by atoms with Gasteiger partial charge in [-0.05, 0) is 25.7 Å². The highest BCUT2D eigenvalue weighted by atomic mass is 32.2. The second-order valence-electron chi connectivity index (χ2n) is 8.93. The lowest BCUT2D eigenvalue weighted by molar-refractivity contribution is 0.0884. The Morgan fingerprint density at radius 3 is 1.00 bits per heavy atom. The molecule has 0 aromatic heterocycles. The molecule has 29 heavy (non-hydrogen) atoms. The molecule has 0 heterocycles. The lowest BCUT2D eigenvalue weighted by atomic mass is 10.0. The summed E-state index contributed by atoms with van der Waals surface area (Å²) in [6.07, 6.45) is 22.2. The first-order valence-electron chi connectivity index (χ1n) is 12.6. The zero-order chi connectivity index (χ0) is 21.8. The molecular weight excluding hydrogens is 384 g/mol. The van der Waals surface area contributed by atoms with E-state index in [1.807, 2.05) is 0 Å². The molecule has 4 nitrogen and oxygen atoms in total. The fourth-order valence-corrected chi connectivity index (χ4v) is 4.79. The van der Waals surface area contributed by atoms with Crippen molar-refractivity contribution in [2.45, 2.75) is 154 Å². The maximum atomic E-state index is 11.7. The van der Waals surface area contributed by atoms with Gasteiger partial charge in [-0.15, -0.1) is 0 Å². The van der Waals surface area contributed by atoms with Crippen molar-refractivity contribution in [3.63, 3.8) is 0 Å². The van der Waals surface area contributed by atoms with Crippen LogP contribution in [-0.2, 0) is 10.1 Å². The van der Waals surface area contributed by atoms with Crippen molar-refractivity contribution in [3.8, 4) is 0 Å². The Bertz CT molecular complexity index is 450. The molecule has 0 aliphatic rings. The number of hydrogen-bond acceptors (Lipinski definition) is 3. The van der Waals surface area contributed by atoms with E-state index in [9.17, 15) is 18.1 Å². The van der Waals surface area contributed by atoms with Gasteiger partial charge in [0.05, 0.1) is 0 Å². The summed E-state index contributed by atoms with van der Waals surface area (Å²) >= 11 is 0. The molecule has 0 spiro atoms. The van der Waals surface area contributed by atoms with Gasteiger partial charge in [0.2, 0.25) is 0 Å². The van der Waals surface area contributed by atoms with Gasteiger partial charge in [0, 0.05) is 0 Å². The molecule has 0 amide bonds. The van der Waals surface area contributed by atoms with Gasteiger partial charge in [-0.2, -0.15) is 8.42 Å². The molecule has 1 unspecified atom stereocenters. The standard InChI is InChI=1S/C24H50O4S/c1-3-5-7-9-11-12-13-14-15-17-19-21-23-24(25,29(26,27)28)22-20-18-16-10-8-6-4-2/h25H,3-23H2,1-2H3,(H,26,27,28). The van der Waals surface area contributed by atoms with Gasteiger partial charge >= 0.3 is 0 Å². The monoisotopic (exact) mass is 434 g/mol. The van der Waals surface area contributed by atoms with Crippen LogP contribution in [0.25, 0.3) is 0 Å². The Morgan fingerprint density at radius 2 is 0.759 bits per heavy atom. The van der Waals surface area contributed by atoms with Gasteiger partial charge in [0.15, 0.2) is 4.93 Å². The van der Waals surface area contributed by atoms with E-state index >= 15 is 0 Å². The highest BCUT2D eigenvalue weighted by molar-refractivity contribution is 7.87. The minimum Gasteiger partial charge on any atom is -0.372 e. The van der Waals surface area contributed by atoms with E-state index in [0.29, 0.717) is 12.8 Å². The Morgan fingerprint density at radius 1 is 0.517 bits per heavy atom. The second-order valence-corrected chi connectivity index (χ2v) is 10.6. The summed E-state index contributed by atoms with van der Waals surface area (Å²) in [6, 6.07) is 0. The maximum absolute atomic E-state index is 11.7. The Labute approximate surface area is 182 Å². The lowest BCUT2D eigenvalue weighted by Gasteiger charge is -2.24. The topological polar surface area (TPSA) is 74.6 Å².